The summed E-state index contributed by atoms with van der Waals surface area (Å²) in [7, 11) is 0. The number of carbonyl (C=O) groups excluding carboxylic acids is 2. The van der Waals surface area contributed by atoms with Gasteiger partial charge in [0.15, 0.2) is 11.9 Å². The second-order valence-corrected chi connectivity index (χ2v) is 6.09. The summed E-state index contributed by atoms with van der Waals surface area (Å²) in [6.45, 7) is 4.31. The van der Waals surface area contributed by atoms with Gasteiger partial charge in [-0.05, 0) is 44.5 Å². The Morgan fingerprint density at radius 2 is 1.82 bits per heavy atom. The molecule has 120 valence electrons. The summed E-state index contributed by atoms with van der Waals surface area (Å²) >= 11 is 3.30. The van der Waals surface area contributed by atoms with E-state index in [2.05, 4.69) is 15.9 Å². The van der Waals surface area contributed by atoms with E-state index >= 15 is 0 Å². The zero-order valence-corrected chi connectivity index (χ0v) is 14.2. The molecule has 0 aliphatic heterocycles. The highest BCUT2D eigenvalue weighted by Gasteiger charge is 2.45. The topological polar surface area (TPSA) is 83.8 Å². The van der Waals surface area contributed by atoms with Crippen molar-refractivity contribution in [2.75, 3.05) is 0 Å². The fraction of sp³-hybridized carbons (Fsp3) is 0.375. The van der Waals surface area contributed by atoms with Gasteiger partial charge in [-0.1, -0.05) is 34.1 Å². The van der Waals surface area contributed by atoms with Crippen molar-refractivity contribution in [3.05, 3.63) is 40.4 Å². The summed E-state index contributed by atoms with van der Waals surface area (Å²) in [5.41, 5.74) is -1.74. The number of halogens is 1. The van der Waals surface area contributed by atoms with Gasteiger partial charge in [-0.15, -0.1) is 0 Å². The summed E-state index contributed by atoms with van der Waals surface area (Å²) in [4.78, 5) is 23.4. The van der Waals surface area contributed by atoms with Crippen molar-refractivity contribution in [1.82, 2.24) is 0 Å². The number of Topliss-reactive ketones (excluding diaryl/α,β-unsaturated/α-hetero) is 1. The molecular formula is C16H19BrO5. The van der Waals surface area contributed by atoms with E-state index in [0.717, 1.165) is 17.5 Å². The summed E-state index contributed by atoms with van der Waals surface area (Å²) in [6.07, 6.45) is 0.137. The van der Waals surface area contributed by atoms with Gasteiger partial charge in [-0.25, -0.2) is 4.79 Å². The third kappa shape index (κ3) is 4.76. The molecule has 0 aliphatic carbocycles. The van der Waals surface area contributed by atoms with Crippen LogP contribution in [0, 0.1) is 0 Å². The Labute approximate surface area is 137 Å². The van der Waals surface area contributed by atoms with Crippen LogP contribution in [-0.2, 0) is 14.3 Å². The molecule has 6 heteroatoms. The Balaban J connectivity index is 3.12. The molecule has 22 heavy (non-hydrogen) atoms. The van der Waals surface area contributed by atoms with Crippen molar-refractivity contribution in [3.8, 4) is 0 Å². The number of hydrogen-bond acceptors (Lipinski definition) is 5. The van der Waals surface area contributed by atoms with E-state index in [1.807, 2.05) is 0 Å². The van der Waals surface area contributed by atoms with Gasteiger partial charge in [0.2, 0.25) is 5.60 Å². The molecule has 0 aromatic heterocycles. The van der Waals surface area contributed by atoms with Crippen LogP contribution in [0.25, 0.3) is 6.08 Å². The van der Waals surface area contributed by atoms with E-state index in [0.29, 0.717) is 5.56 Å². The van der Waals surface area contributed by atoms with Crippen LogP contribution in [0.1, 0.15) is 26.3 Å². The van der Waals surface area contributed by atoms with E-state index in [4.69, 9.17) is 4.74 Å². The van der Waals surface area contributed by atoms with E-state index in [-0.39, 0.29) is 0 Å². The third-order valence-corrected chi connectivity index (χ3v) is 3.40. The molecule has 2 atom stereocenters. The molecule has 2 N–H and O–H groups in total. The molecule has 0 bridgehead atoms. The predicted molar refractivity (Wildman–Crippen MR) is 86.0 cm³/mol. The fourth-order valence-corrected chi connectivity index (χ4v) is 1.95. The molecule has 0 spiro atoms. The first-order valence-corrected chi connectivity index (χ1v) is 7.53. The standard InChI is InChI=1S/C16H19BrO5/c1-10(2)22-15(20)16(21,14(19)11(3)18)9-8-12-4-6-13(17)7-5-12/h4-10,14,19,21H,1-3H3/b9-8+/t14-,16+/m0/s1. The van der Waals surface area contributed by atoms with Gasteiger partial charge in [0.1, 0.15) is 0 Å². The maximum atomic E-state index is 12.1. The molecule has 0 saturated carbocycles. The highest BCUT2D eigenvalue weighted by atomic mass is 79.9. The van der Waals surface area contributed by atoms with Gasteiger partial charge in [0.05, 0.1) is 6.10 Å². The first kappa shape index (κ1) is 18.5. The molecule has 0 aliphatic rings. The van der Waals surface area contributed by atoms with Crippen LogP contribution in [0.3, 0.4) is 0 Å². The lowest BCUT2D eigenvalue weighted by molar-refractivity contribution is -0.176. The van der Waals surface area contributed by atoms with Crippen LogP contribution in [0.2, 0.25) is 0 Å². The van der Waals surface area contributed by atoms with Gasteiger partial charge >= 0.3 is 5.97 Å². The number of rotatable bonds is 6. The summed E-state index contributed by atoms with van der Waals surface area (Å²) in [6, 6.07) is 7.06. The van der Waals surface area contributed by atoms with Gasteiger partial charge in [-0.2, -0.15) is 0 Å². The minimum absolute atomic E-state index is 0.487. The molecule has 0 unspecified atom stereocenters. The molecule has 0 saturated heterocycles. The van der Waals surface area contributed by atoms with Crippen LogP contribution in [-0.4, -0.2) is 39.8 Å². The minimum atomic E-state index is -2.43. The first-order chi connectivity index (χ1) is 10.2. The average molecular weight is 371 g/mol. The molecule has 0 fully saturated rings. The lowest BCUT2D eigenvalue weighted by Gasteiger charge is -2.27. The number of aliphatic hydroxyl groups is 2. The minimum Gasteiger partial charge on any atom is -0.461 e. The van der Waals surface area contributed by atoms with E-state index < -0.39 is 29.6 Å². The molecular weight excluding hydrogens is 352 g/mol. The third-order valence-electron chi connectivity index (χ3n) is 2.87. The summed E-state index contributed by atoms with van der Waals surface area (Å²) in [5.74, 6) is -1.80. The number of ether oxygens (including phenoxy) is 1. The maximum Gasteiger partial charge on any atom is 0.345 e. The molecule has 1 aromatic rings. The second kappa shape index (κ2) is 7.67. The molecule has 0 radical (unpaired) electrons. The quantitative estimate of drug-likeness (QED) is 0.749. The summed E-state index contributed by atoms with van der Waals surface area (Å²) < 4.78 is 5.81. The van der Waals surface area contributed by atoms with Gasteiger partial charge in [0.25, 0.3) is 0 Å². The Morgan fingerprint density at radius 1 is 1.27 bits per heavy atom. The van der Waals surface area contributed by atoms with Crippen molar-refractivity contribution >= 4 is 33.8 Å². The van der Waals surface area contributed by atoms with Gasteiger partial charge < -0.3 is 14.9 Å². The monoisotopic (exact) mass is 370 g/mol. The predicted octanol–water partition coefficient (Wildman–Crippen LogP) is 2.09. The zero-order chi connectivity index (χ0) is 16.9. The Bertz CT molecular complexity index is 564. The Morgan fingerprint density at radius 3 is 2.27 bits per heavy atom. The largest absolute Gasteiger partial charge is 0.461 e. The summed E-state index contributed by atoms with van der Waals surface area (Å²) in [5, 5.41) is 20.3. The van der Waals surface area contributed by atoms with Gasteiger partial charge in [-0.3, -0.25) is 4.79 Å². The van der Waals surface area contributed by atoms with E-state index in [1.165, 1.54) is 6.08 Å². The number of carbonyl (C=O) groups is 2. The normalized spacial score (nSPS) is 15.6. The van der Waals surface area contributed by atoms with Crippen molar-refractivity contribution in [2.45, 2.75) is 38.6 Å². The molecule has 1 aromatic carbocycles. The lowest BCUT2D eigenvalue weighted by Crippen LogP contribution is -2.52. The highest BCUT2D eigenvalue weighted by Crippen LogP contribution is 2.20. The number of esters is 1. The number of ketones is 1. The number of hydrogen-bond donors (Lipinski definition) is 2. The second-order valence-electron chi connectivity index (χ2n) is 5.18. The van der Waals surface area contributed by atoms with Crippen LogP contribution < -0.4 is 0 Å². The van der Waals surface area contributed by atoms with E-state index in [9.17, 15) is 19.8 Å². The average Bonchev–Trinajstić information content (AvgIpc) is 2.44. The van der Waals surface area contributed by atoms with Crippen LogP contribution >= 0.6 is 15.9 Å². The number of benzene rings is 1. The SMILES string of the molecule is CC(=O)[C@H](O)[C@](O)(/C=C/c1ccc(Br)cc1)C(=O)OC(C)C. The van der Waals surface area contributed by atoms with Crippen molar-refractivity contribution in [3.63, 3.8) is 0 Å². The van der Waals surface area contributed by atoms with Crippen LogP contribution in [0.15, 0.2) is 34.8 Å². The molecule has 0 amide bonds. The Kier molecular flexibility index (Phi) is 6.47. The van der Waals surface area contributed by atoms with Gasteiger partial charge in [0, 0.05) is 4.47 Å². The van der Waals surface area contributed by atoms with Crippen LogP contribution in [0.4, 0.5) is 0 Å². The molecule has 0 heterocycles. The first-order valence-electron chi connectivity index (χ1n) is 6.73. The molecule has 1 rings (SSSR count). The van der Waals surface area contributed by atoms with Crippen molar-refractivity contribution in [2.24, 2.45) is 0 Å². The smallest absolute Gasteiger partial charge is 0.345 e. The Hall–Kier alpha value is -1.50. The number of aliphatic hydroxyl groups excluding tert-OH is 1. The molecule has 5 nitrogen and oxygen atoms in total. The fourth-order valence-electron chi connectivity index (χ4n) is 1.69. The van der Waals surface area contributed by atoms with Crippen molar-refractivity contribution < 1.29 is 24.5 Å². The van der Waals surface area contributed by atoms with Crippen LogP contribution in [0.5, 0.6) is 0 Å². The zero-order valence-electron chi connectivity index (χ0n) is 12.6. The maximum absolute atomic E-state index is 12.1. The highest BCUT2D eigenvalue weighted by molar-refractivity contribution is 9.10. The lowest BCUT2D eigenvalue weighted by atomic mass is 9.92. The van der Waals surface area contributed by atoms with E-state index in [1.54, 1.807) is 38.1 Å². The van der Waals surface area contributed by atoms with Crippen molar-refractivity contribution in [1.29, 1.82) is 0 Å².